The van der Waals surface area contributed by atoms with Gasteiger partial charge in [-0.15, -0.1) is 0 Å². The van der Waals surface area contributed by atoms with E-state index in [1.165, 1.54) is 39.2 Å². The van der Waals surface area contributed by atoms with E-state index in [-0.39, 0.29) is 5.97 Å². The van der Waals surface area contributed by atoms with Crippen LogP contribution in [0.15, 0.2) is 0 Å². The number of likely N-dealkylation sites (tertiary alicyclic amines) is 1. The van der Waals surface area contributed by atoms with Gasteiger partial charge in [-0.3, -0.25) is 10.1 Å². The minimum atomic E-state index is -0.468. The smallest absolute Gasteiger partial charge is 0.327 e. The monoisotopic (exact) mass is 254 g/mol. The highest BCUT2D eigenvalue weighted by atomic mass is 16.5. The van der Waals surface area contributed by atoms with E-state index in [0.29, 0.717) is 6.04 Å². The molecule has 1 aliphatic heterocycles. The normalized spacial score (nSPS) is 31.2. The van der Waals surface area contributed by atoms with Crippen molar-refractivity contribution in [3.8, 4) is 0 Å². The number of hydrogen-bond acceptors (Lipinski definition) is 4. The van der Waals surface area contributed by atoms with Crippen LogP contribution in [0.4, 0.5) is 0 Å². The van der Waals surface area contributed by atoms with Crippen LogP contribution in [0.3, 0.4) is 0 Å². The molecule has 4 nitrogen and oxygen atoms in total. The molecule has 2 fully saturated rings. The third-order valence-electron chi connectivity index (χ3n) is 4.34. The second-order valence-corrected chi connectivity index (χ2v) is 5.89. The largest absolute Gasteiger partial charge is 0.468 e. The van der Waals surface area contributed by atoms with E-state index in [2.05, 4.69) is 17.3 Å². The Hall–Kier alpha value is -0.610. The van der Waals surface area contributed by atoms with Crippen molar-refractivity contribution in [2.24, 2.45) is 0 Å². The van der Waals surface area contributed by atoms with Gasteiger partial charge in [-0.2, -0.15) is 0 Å². The second-order valence-electron chi connectivity index (χ2n) is 5.89. The van der Waals surface area contributed by atoms with Crippen molar-refractivity contribution in [3.63, 3.8) is 0 Å². The molecule has 1 aliphatic carbocycles. The fourth-order valence-electron chi connectivity index (χ4n) is 3.45. The number of methoxy groups -OCH3 is 1. The molecule has 1 heterocycles. The van der Waals surface area contributed by atoms with Crippen LogP contribution < -0.4 is 5.32 Å². The summed E-state index contributed by atoms with van der Waals surface area (Å²) in [7, 11) is 3.58. The Morgan fingerprint density at radius 2 is 2.00 bits per heavy atom. The lowest BCUT2D eigenvalue weighted by Gasteiger charge is -2.42. The van der Waals surface area contributed by atoms with Gasteiger partial charge in [0.25, 0.3) is 0 Å². The minimum Gasteiger partial charge on any atom is -0.468 e. The van der Waals surface area contributed by atoms with Crippen LogP contribution in [0.25, 0.3) is 0 Å². The molecule has 0 spiro atoms. The molecule has 0 bridgehead atoms. The Kier molecular flexibility index (Phi) is 4.62. The van der Waals surface area contributed by atoms with Crippen LogP contribution in [-0.2, 0) is 9.53 Å². The van der Waals surface area contributed by atoms with Gasteiger partial charge in [0.1, 0.15) is 5.54 Å². The summed E-state index contributed by atoms with van der Waals surface area (Å²) in [5, 5.41) is 3.64. The molecule has 1 unspecified atom stereocenters. The SMILES string of the molecule is COC(=O)C1(NC2CCCCC2)CCCN(C)C1. The topological polar surface area (TPSA) is 41.6 Å². The third-order valence-corrected chi connectivity index (χ3v) is 4.34. The molecule has 1 atom stereocenters. The average molecular weight is 254 g/mol. The molecular weight excluding hydrogens is 228 g/mol. The first kappa shape index (κ1) is 13.8. The van der Waals surface area contributed by atoms with Gasteiger partial charge < -0.3 is 9.64 Å². The lowest BCUT2D eigenvalue weighted by atomic mass is 9.85. The van der Waals surface area contributed by atoms with Crippen molar-refractivity contribution in [2.45, 2.75) is 56.5 Å². The van der Waals surface area contributed by atoms with Crippen LogP contribution in [0.1, 0.15) is 44.9 Å². The summed E-state index contributed by atoms with van der Waals surface area (Å²) in [6.07, 6.45) is 8.26. The van der Waals surface area contributed by atoms with Crippen molar-refractivity contribution in [2.75, 3.05) is 27.2 Å². The molecule has 0 aromatic heterocycles. The number of carbonyl (C=O) groups excluding carboxylic acids is 1. The molecule has 104 valence electrons. The molecule has 2 rings (SSSR count). The lowest BCUT2D eigenvalue weighted by molar-refractivity contribution is -0.151. The quantitative estimate of drug-likeness (QED) is 0.776. The Bertz CT molecular complexity index is 290. The van der Waals surface area contributed by atoms with E-state index in [4.69, 9.17) is 4.74 Å². The van der Waals surface area contributed by atoms with E-state index in [1.807, 2.05) is 0 Å². The van der Waals surface area contributed by atoms with Crippen molar-refractivity contribution >= 4 is 5.97 Å². The lowest BCUT2D eigenvalue weighted by Crippen LogP contribution is -2.64. The highest BCUT2D eigenvalue weighted by Crippen LogP contribution is 2.26. The Labute approximate surface area is 110 Å². The van der Waals surface area contributed by atoms with Crippen LogP contribution in [0.2, 0.25) is 0 Å². The predicted molar refractivity (Wildman–Crippen MR) is 71.5 cm³/mol. The third kappa shape index (κ3) is 3.04. The zero-order chi connectivity index (χ0) is 13.0. The van der Waals surface area contributed by atoms with Gasteiger partial charge in [0.15, 0.2) is 0 Å². The van der Waals surface area contributed by atoms with E-state index < -0.39 is 5.54 Å². The summed E-state index contributed by atoms with van der Waals surface area (Å²) in [6, 6.07) is 0.490. The zero-order valence-electron chi connectivity index (χ0n) is 11.7. The summed E-state index contributed by atoms with van der Waals surface area (Å²) in [5.41, 5.74) is -0.468. The van der Waals surface area contributed by atoms with Crippen LogP contribution in [-0.4, -0.2) is 49.7 Å². The number of carbonyl (C=O) groups is 1. The Morgan fingerprint density at radius 3 is 2.61 bits per heavy atom. The van der Waals surface area contributed by atoms with Gasteiger partial charge in [0.05, 0.1) is 7.11 Å². The van der Waals surface area contributed by atoms with Crippen molar-refractivity contribution < 1.29 is 9.53 Å². The summed E-state index contributed by atoms with van der Waals surface area (Å²) in [6.45, 7) is 1.85. The van der Waals surface area contributed by atoms with Gasteiger partial charge in [-0.25, -0.2) is 0 Å². The second kappa shape index (κ2) is 6.02. The fourth-order valence-corrected chi connectivity index (χ4v) is 3.45. The number of nitrogens with zero attached hydrogens (tertiary/aromatic N) is 1. The van der Waals surface area contributed by atoms with Gasteiger partial charge in [-0.1, -0.05) is 19.3 Å². The summed E-state index contributed by atoms with van der Waals surface area (Å²) >= 11 is 0. The van der Waals surface area contributed by atoms with Crippen molar-refractivity contribution in [3.05, 3.63) is 0 Å². The Morgan fingerprint density at radius 1 is 1.28 bits per heavy atom. The maximum absolute atomic E-state index is 12.2. The number of piperidine rings is 1. The van der Waals surface area contributed by atoms with Gasteiger partial charge in [-0.05, 0) is 39.3 Å². The Balaban J connectivity index is 2.06. The molecular formula is C14H26N2O2. The number of nitrogens with one attached hydrogen (secondary N) is 1. The summed E-state index contributed by atoms with van der Waals surface area (Å²) in [5.74, 6) is -0.0837. The molecule has 0 aromatic rings. The van der Waals surface area contributed by atoms with E-state index in [9.17, 15) is 4.79 Å². The summed E-state index contributed by atoms with van der Waals surface area (Å²) < 4.78 is 5.05. The summed E-state index contributed by atoms with van der Waals surface area (Å²) in [4.78, 5) is 14.4. The van der Waals surface area contributed by atoms with Crippen molar-refractivity contribution in [1.82, 2.24) is 10.2 Å². The highest BCUT2D eigenvalue weighted by Gasteiger charge is 2.43. The highest BCUT2D eigenvalue weighted by molar-refractivity contribution is 5.81. The van der Waals surface area contributed by atoms with Crippen LogP contribution >= 0.6 is 0 Å². The van der Waals surface area contributed by atoms with Gasteiger partial charge in [0, 0.05) is 12.6 Å². The maximum atomic E-state index is 12.2. The first-order valence-corrected chi connectivity index (χ1v) is 7.21. The standard InChI is InChI=1S/C14H26N2O2/c1-16-10-6-9-14(11-16,13(17)18-2)15-12-7-4-3-5-8-12/h12,15H,3-11H2,1-2H3. The minimum absolute atomic E-state index is 0.0837. The van der Waals surface area contributed by atoms with E-state index in [0.717, 1.165) is 25.9 Å². The molecule has 0 radical (unpaired) electrons. The maximum Gasteiger partial charge on any atom is 0.327 e. The molecule has 18 heavy (non-hydrogen) atoms. The number of esters is 1. The van der Waals surface area contributed by atoms with Crippen LogP contribution in [0, 0.1) is 0 Å². The zero-order valence-corrected chi connectivity index (χ0v) is 11.7. The molecule has 0 aromatic carbocycles. The number of ether oxygens (including phenoxy) is 1. The fraction of sp³-hybridized carbons (Fsp3) is 0.929. The molecule has 4 heteroatoms. The molecule has 1 saturated carbocycles. The first-order valence-electron chi connectivity index (χ1n) is 7.21. The first-order chi connectivity index (χ1) is 8.66. The molecule has 2 aliphatic rings. The number of rotatable bonds is 3. The van der Waals surface area contributed by atoms with E-state index in [1.54, 1.807) is 0 Å². The van der Waals surface area contributed by atoms with Gasteiger partial charge in [0.2, 0.25) is 0 Å². The molecule has 0 amide bonds. The van der Waals surface area contributed by atoms with Crippen LogP contribution in [0.5, 0.6) is 0 Å². The predicted octanol–water partition coefficient (Wildman–Crippen LogP) is 1.55. The number of hydrogen-bond donors (Lipinski definition) is 1. The van der Waals surface area contributed by atoms with Crippen molar-refractivity contribution in [1.29, 1.82) is 0 Å². The van der Waals surface area contributed by atoms with E-state index >= 15 is 0 Å². The van der Waals surface area contributed by atoms with Gasteiger partial charge >= 0.3 is 5.97 Å². The molecule has 1 N–H and O–H groups in total. The molecule has 1 saturated heterocycles. The number of likely N-dealkylation sites (N-methyl/N-ethyl adjacent to an activating group) is 1. The average Bonchev–Trinajstić information content (AvgIpc) is 2.39.